The average molecular weight is 489 g/mol. The van der Waals surface area contributed by atoms with Gasteiger partial charge in [-0.1, -0.05) is 55.8 Å². The van der Waals surface area contributed by atoms with Crippen molar-refractivity contribution >= 4 is 29.6 Å². The van der Waals surface area contributed by atoms with E-state index < -0.39 is 17.9 Å². The van der Waals surface area contributed by atoms with Gasteiger partial charge in [0.25, 0.3) is 11.8 Å². The molecule has 2 N–H and O–H groups in total. The number of hydrazone groups is 1. The van der Waals surface area contributed by atoms with Gasteiger partial charge in [0.2, 0.25) is 0 Å². The molecule has 35 heavy (non-hydrogen) atoms. The fraction of sp³-hybridized carbons (Fsp3) is 0.185. The zero-order valence-corrected chi connectivity index (χ0v) is 20.1. The maximum absolute atomic E-state index is 12.6. The van der Waals surface area contributed by atoms with Crippen molar-refractivity contribution in [2.75, 3.05) is 0 Å². The first-order valence-electron chi connectivity index (χ1n) is 11.0. The second kappa shape index (κ2) is 12.4. The summed E-state index contributed by atoms with van der Waals surface area (Å²) in [6, 6.07) is 22.4. The summed E-state index contributed by atoms with van der Waals surface area (Å²) >= 11 is 6.08. The number of hydrogen-bond acceptors (Lipinski definition) is 5. The fourth-order valence-corrected chi connectivity index (χ4v) is 3.43. The molecule has 0 aromatic heterocycles. The maximum atomic E-state index is 12.6. The number of carbonyl (C=O) groups excluding carboxylic acids is 2. The van der Waals surface area contributed by atoms with Crippen LogP contribution in [0.3, 0.4) is 0 Å². The molecule has 0 heterocycles. The van der Waals surface area contributed by atoms with Crippen molar-refractivity contribution in [2.45, 2.75) is 26.5 Å². The van der Waals surface area contributed by atoms with Crippen LogP contribution in [0.2, 0.25) is 5.02 Å². The first-order valence-corrected chi connectivity index (χ1v) is 11.4. The largest absolute Gasteiger partial charge is 0.489 e. The molecule has 0 aliphatic carbocycles. The van der Waals surface area contributed by atoms with Gasteiger partial charge in [-0.05, 0) is 53.9 Å². The standard InChI is InChI=1S/C27H25ClN4O3/c1-18(2)25(31-26(33)23-9-5-6-10-24(23)28)27(34)32-30-16-19-11-13-22(14-12-19)35-17-21-8-4-3-7-20(21)15-29/h3-14,16,18,25H,17H2,1-2H3,(H,31,33)(H,32,34)/b30-16+. The minimum absolute atomic E-state index is 0.167. The molecule has 0 fully saturated rings. The van der Waals surface area contributed by atoms with Crippen LogP contribution in [-0.2, 0) is 11.4 Å². The van der Waals surface area contributed by atoms with Crippen LogP contribution in [0.25, 0.3) is 0 Å². The fourth-order valence-electron chi connectivity index (χ4n) is 3.21. The highest BCUT2D eigenvalue weighted by Crippen LogP contribution is 2.17. The molecule has 2 amide bonds. The van der Waals surface area contributed by atoms with E-state index in [4.69, 9.17) is 21.6 Å². The van der Waals surface area contributed by atoms with Gasteiger partial charge in [0.15, 0.2) is 0 Å². The number of ether oxygens (including phenoxy) is 1. The number of halogens is 1. The van der Waals surface area contributed by atoms with E-state index in [-0.39, 0.29) is 12.5 Å². The van der Waals surface area contributed by atoms with Crippen molar-refractivity contribution in [3.05, 3.63) is 100 Å². The predicted molar refractivity (Wildman–Crippen MR) is 135 cm³/mol. The molecule has 7 nitrogen and oxygen atoms in total. The van der Waals surface area contributed by atoms with Gasteiger partial charge in [0.05, 0.1) is 28.4 Å². The topological polar surface area (TPSA) is 104 Å². The van der Waals surface area contributed by atoms with E-state index in [1.807, 2.05) is 32.0 Å². The molecule has 178 valence electrons. The molecular weight excluding hydrogens is 464 g/mol. The molecule has 3 aromatic carbocycles. The molecule has 0 aliphatic rings. The summed E-state index contributed by atoms with van der Waals surface area (Å²) in [6.07, 6.45) is 1.50. The van der Waals surface area contributed by atoms with E-state index in [1.165, 1.54) is 6.21 Å². The zero-order chi connectivity index (χ0) is 25.2. The third kappa shape index (κ3) is 7.16. The Morgan fingerprint density at radius 3 is 2.43 bits per heavy atom. The smallest absolute Gasteiger partial charge is 0.262 e. The second-order valence-corrected chi connectivity index (χ2v) is 8.44. The molecule has 0 saturated heterocycles. The molecule has 0 aliphatic heterocycles. The number of hydrogen-bond donors (Lipinski definition) is 2. The Bertz CT molecular complexity index is 1250. The van der Waals surface area contributed by atoms with E-state index in [0.29, 0.717) is 21.9 Å². The Hall–Kier alpha value is -4.15. The highest BCUT2D eigenvalue weighted by Gasteiger charge is 2.25. The van der Waals surface area contributed by atoms with Gasteiger partial charge >= 0.3 is 0 Å². The Balaban J connectivity index is 1.55. The Labute approximate surface area is 209 Å². The lowest BCUT2D eigenvalue weighted by molar-refractivity contribution is -0.123. The van der Waals surface area contributed by atoms with Gasteiger partial charge in [0.1, 0.15) is 18.4 Å². The number of rotatable bonds is 9. The van der Waals surface area contributed by atoms with Gasteiger partial charge in [-0.15, -0.1) is 0 Å². The highest BCUT2D eigenvalue weighted by atomic mass is 35.5. The number of amides is 2. The van der Waals surface area contributed by atoms with Crippen LogP contribution in [0.4, 0.5) is 0 Å². The lowest BCUT2D eigenvalue weighted by atomic mass is 10.0. The molecule has 1 atom stereocenters. The first kappa shape index (κ1) is 25.5. The van der Waals surface area contributed by atoms with Crippen LogP contribution >= 0.6 is 11.6 Å². The summed E-state index contributed by atoms with van der Waals surface area (Å²) in [6.45, 7) is 3.94. The summed E-state index contributed by atoms with van der Waals surface area (Å²) in [5.41, 5.74) is 4.91. The lowest BCUT2D eigenvalue weighted by Gasteiger charge is -2.20. The molecule has 0 spiro atoms. The van der Waals surface area contributed by atoms with Crippen LogP contribution in [0.15, 0.2) is 77.9 Å². The predicted octanol–water partition coefficient (Wildman–Crippen LogP) is 4.70. The molecule has 0 radical (unpaired) electrons. The Kier molecular flexibility index (Phi) is 8.99. The third-order valence-electron chi connectivity index (χ3n) is 5.15. The van der Waals surface area contributed by atoms with Crippen molar-refractivity contribution in [1.82, 2.24) is 10.7 Å². The van der Waals surface area contributed by atoms with E-state index in [0.717, 1.165) is 11.1 Å². The summed E-state index contributed by atoms with van der Waals surface area (Å²) in [5, 5.41) is 16.2. The monoisotopic (exact) mass is 488 g/mol. The maximum Gasteiger partial charge on any atom is 0.262 e. The molecule has 0 bridgehead atoms. The van der Waals surface area contributed by atoms with Crippen molar-refractivity contribution < 1.29 is 14.3 Å². The van der Waals surface area contributed by atoms with Crippen LogP contribution in [0, 0.1) is 17.2 Å². The van der Waals surface area contributed by atoms with Gasteiger partial charge in [-0.2, -0.15) is 10.4 Å². The second-order valence-electron chi connectivity index (χ2n) is 8.04. The molecule has 8 heteroatoms. The lowest BCUT2D eigenvalue weighted by Crippen LogP contribution is -2.48. The van der Waals surface area contributed by atoms with E-state index in [1.54, 1.807) is 54.6 Å². The first-order chi connectivity index (χ1) is 16.9. The normalized spacial score (nSPS) is 11.6. The number of nitriles is 1. The molecule has 3 rings (SSSR count). The average Bonchev–Trinajstić information content (AvgIpc) is 2.86. The zero-order valence-electron chi connectivity index (χ0n) is 19.4. The third-order valence-corrected chi connectivity index (χ3v) is 5.48. The van der Waals surface area contributed by atoms with Gasteiger partial charge in [-0.3, -0.25) is 9.59 Å². The Morgan fingerprint density at radius 2 is 1.74 bits per heavy atom. The Morgan fingerprint density at radius 1 is 1.06 bits per heavy atom. The highest BCUT2D eigenvalue weighted by molar-refractivity contribution is 6.33. The summed E-state index contributed by atoms with van der Waals surface area (Å²) in [7, 11) is 0. The van der Waals surface area contributed by atoms with E-state index in [2.05, 4.69) is 21.9 Å². The van der Waals surface area contributed by atoms with Crippen LogP contribution in [0.5, 0.6) is 5.75 Å². The van der Waals surface area contributed by atoms with Crippen LogP contribution in [0.1, 0.15) is 40.9 Å². The van der Waals surface area contributed by atoms with E-state index in [9.17, 15) is 9.59 Å². The summed E-state index contributed by atoms with van der Waals surface area (Å²) < 4.78 is 5.76. The van der Waals surface area contributed by atoms with Gasteiger partial charge < -0.3 is 10.1 Å². The minimum atomic E-state index is -0.789. The van der Waals surface area contributed by atoms with Crippen molar-refractivity contribution in [1.29, 1.82) is 5.26 Å². The van der Waals surface area contributed by atoms with Crippen molar-refractivity contribution in [2.24, 2.45) is 11.0 Å². The van der Waals surface area contributed by atoms with Crippen molar-refractivity contribution in [3.8, 4) is 11.8 Å². The molecular formula is C27H25ClN4O3. The molecule has 1 unspecified atom stereocenters. The van der Waals surface area contributed by atoms with Crippen molar-refractivity contribution in [3.63, 3.8) is 0 Å². The van der Waals surface area contributed by atoms with Gasteiger partial charge in [0, 0.05) is 5.56 Å². The SMILES string of the molecule is CC(C)C(NC(=O)c1ccccc1Cl)C(=O)N/N=C/c1ccc(OCc2ccccc2C#N)cc1. The number of nitrogens with zero attached hydrogens (tertiary/aromatic N) is 2. The van der Waals surface area contributed by atoms with Crippen LogP contribution in [-0.4, -0.2) is 24.1 Å². The molecule has 0 saturated carbocycles. The van der Waals surface area contributed by atoms with Crippen LogP contribution < -0.4 is 15.5 Å². The number of benzene rings is 3. The minimum Gasteiger partial charge on any atom is -0.489 e. The number of carbonyl (C=O) groups is 2. The van der Waals surface area contributed by atoms with E-state index >= 15 is 0 Å². The van der Waals surface area contributed by atoms with Gasteiger partial charge in [-0.25, -0.2) is 5.43 Å². The molecule has 3 aromatic rings. The summed E-state index contributed by atoms with van der Waals surface area (Å²) in [4.78, 5) is 25.2. The quantitative estimate of drug-likeness (QED) is 0.336. The summed E-state index contributed by atoms with van der Waals surface area (Å²) in [5.74, 6) is -0.394. The number of nitrogens with one attached hydrogen (secondary N) is 2.